The van der Waals surface area contributed by atoms with Gasteiger partial charge in [-0.15, -0.1) is 0 Å². The fraction of sp³-hybridized carbons (Fsp3) is 0.611. The SMILES string of the molecule is O=C(O)C1CC2CCCCC2N1Cc1ccc2c(c1)OCCO2. The number of likely N-dealkylation sites (tertiary alicyclic amines) is 1. The lowest BCUT2D eigenvalue weighted by Crippen LogP contribution is -2.41. The van der Waals surface area contributed by atoms with Gasteiger partial charge in [0.2, 0.25) is 0 Å². The van der Waals surface area contributed by atoms with Gasteiger partial charge >= 0.3 is 5.97 Å². The maximum Gasteiger partial charge on any atom is 0.320 e. The lowest BCUT2D eigenvalue weighted by molar-refractivity contribution is -0.142. The van der Waals surface area contributed by atoms with E-state index < -0.39 is 5.97 Å². The molecule has 2 aliphatic heterocycles. The molecule has 0 aromatic heterocycles. The molecule has 5 heteroatoms. The van der Waals surface area contributed by atoms with Crippen LogP contribution in [0.15, 0.2) is 18.2 Å². The summed E-state index contributed by atoms with van der Waals surface area (Å²) in [6.45, 7) is 1.83. The molecule has 3 aliphatic rings. The van der Waals surface area contributed by atoms with Crippen molar-refractivity contribution in [3.63, 3.8) is 0 Å². The molecule has 2 heterocycles. The molecule has 0 spiro atoms. The van der Waals surface area contributed by atoms with Gasteiger partial charge in [0.1, 0.15) is 19.3 Å². The highest BCUT2D eigenvalue weighted by Crippen LogP contribution is 2.41. The Morgan fingerprint density at radius 1 is 1.17 bits per heavy atom. The molecular weight excluding hydrogens is 294 g/mol. The number of carboxylic acid groups (broad SMARTS) is 1. The lowest BCUT2D eigenvalue weighted by Gasteiger charge is -2.33. The number of carbonyl (C=O) groups is 1. The molecule has 1 aromatic carbocycles. The molecule has 3 atom stereocenters. The van der Waals surface area contributed by atoms with Gasteiger partial charge < -0.3 is 14.6 Å². The van der Waals surface area contributed by atoms with Gasteiger partial charge in [-0.05, 0) is 42.9 Å². The zero-order valence-electron chi connectivity index (χ0n) is 13.2. The van der Waals surface area contributed by atoms with Gasteiger partial charge in [0, 0.05) is 12.6 Å². The molecule has 3 unspecified atom stereocenters. The summed E-state index contributed by atoms with van der Waals surface area (Å²) in [6.07, 6.45) is 5.55. The van der Waals surface area contributed by atoms with Crippen molar-refractivity contribution in [2.24, 2.45) is 5.92 Å². The van der Waals surface area contributed by atoms with E-state index in [1.165, 1.54) is 19.3 Å². The fourth-order valence-corrected chi connectivity index (χ4v) is 4.42. The molecule has 1 aliphatic carbocycles. The number of fused-ring (bicyclic) bond motifs is 2. The quantitative estimate of drug-likeness (QED) is 0.929. The molecule has 4 rings (SSSR count). The molecule has 2 fully saturated rings. The molecule has 1 saturated carbocycles. The van der Waals surface area contributed by atoms with Crippen LogP contribution >= 0.6 is 0 Å². The van der Waals surface area contributed by atoms with E-state index in [-0.39, 0.29) is 6.04 Å². The van der Waals surface area contributed by atoms with E-state index in [2.05, 4.69) is 4.90 Å². The summed E-state index contributed by atoms with van der Waals surface area (Å²) in [5.41, 5.74) is 1.10. The van der Waals surface area contributed by atoms with Gasteiger partial charge in [0.05, 0.1) is 0 Å². The average Bonchev–Trinajstić information content (AvgIpc) is 2.94. The van der Waals surface area contributed by atoms with Gasteiger partial charge in [-0.3, -0.25) is 9.69 Å². The smallest absolute Gasteiger partial charge is 0.320 e. The van der Waals surface area contributed by atoms with Crippen molar-refractivity contribution >= 4 is 5.97 Å². The standard InChI is InChI=1S/C18H23NO4/c20-18(21)15-10-13-3-1-2-4-14(13)19(15)11-12-5-6-16-17(9-12)23-8-7-22-16/h5-6,9,13-15H,1-4,7-8,10-11H2,(H,20,21). The summed E-state index contributed by atoms with van der Waals surface area (Å²) < 4.78 is 11.2. The summed E-state index contributed by atoms with van der Waals surface area (Å²) in [4.78, 5) is 13.9. The van der Waals surface area contributed by atoms with Crippen molar-refractivity contribution in [2.45, 2.75) is 50.7 Å². The number of carboxylic acids is 1. The fourth-order valence-electron chi connectivity index (χ4n) is 4.42. The second kappa shape index (κ2) is 6.04. The van der Waals surface area contributed by atoms with Gasteiger partial charge in [-0.1, -0.05) is 18.9 Å². The number of aliphatic carboxylic acids is 1. The van der Waals surface area contributed by atoms with Crippen molar-refractivity contribution in [3.05, 3.63) is 23.8 Å². The Labute approximate surface area is 136 Å². The summed E-state index contributed by atoms with van der Waals surface area (Å²) in [5.74, 6) is 1.42. The average molecular weight is 317 g/mol. The van der Waals surface area contributed by atoms with Crippen LogP contribution in [-0.2, 0) is 11.3 Å². The van der Waals surface area contributed by atoms with Crippen molar-refractivity contribution in [3.8, 4) is 11.5 Å². The van der Waals surface area contributed by atoms with Crippen LogP contribution in [0.3, 0.4) is 0 Å². The van der Waals surface area contributed by atoms with Gasteiger partial charge in [-0.2, -0.15) is 0 Å². The van der Waals surface area contributed by atoms with Crippen LogP contribution < -0.4 is 9.47 Å². The molecule has 0 amide bonds. The molecule has 124 valence electrons. The summed E-state index contributed by atoms with van der Waals surface area (Å²) in [7, 11) is 0. The Balaban J connectivity index is 1.56. The largest absolute Gasteiger partial charge is 0.486 e. The maximum atomic E-state index is 11.7. The highest BCUT2D eigenvalue weighted by atomic mass is 16.6. The first kappa shape index (κ1) is 14.8. The summed E-state index contributed by atoms with van der Waals surface area (Å²) in [6, 6.07) is 6.04. The summed E-state index contributed by atoms with van der Waals surface area (Å²) in [5, 5.41) is 9.61. The minimum Gasteiger partial charge on any atom is -0.486 e. The summed E-state index contributed by atoms with van der Waals surface area (Å²) >= 11 is 0. The van der Waals surface area contributed by atoms with E-state index >= 15 is 0 Å². The topological polar surface area (TPSA) is 59.0 Å². The normalized spacial score (nSPS) is 30.0. The third-order valence-corrected chi connectivity index (χ3v) is 5.48. The second-order valence-electron chi connectivity index (χ2n) is 6.85. The Hall–Kier alpha value is -1.75. The second-order valence-corrected chi connectivity index (χ2v) is 6.85. The van der Waals surface area contributed by atoms with Crippen molar-refractivity contribution in [1.29, 1.82) is 0 Å². The number of hydrogen-bond acceptors (Lipinski definition) is 4. The minimum atomic E-state index is -0.683. The molecular formula is C18H23NO4. The molecule has 1 saturated heterocycles. The van der Waals surface area contributed by atoms with Gasteiger partial charge in [0.15, 0.2) is 11.5 Å². The van der Waals surface area contributed by atoms with Crippen LogP contribution in [-0.4, -0.2) is 41.3 Å². The predicted octanol–water partition coefficient (Wildman–Crippen LogP) is 2.68. The van der Waals surface area contributed by atoms with E-state index in [0.29, 0.717) is 31.7 Å². The number of benzene rings is 1. The first-order valence-corrected chi connectivity index (χ1v) is 8.59. The minimum absolute atomic E-state index is 0.351. The van der Waals surface area contributed by atoms with Gasteiger partial charge in [0.25, 0.3) is 0 Å². The highest BCUT2D eigenvalue weighted by Gasteiger charge is 2.45. The van der Waals surface area contributed by atoms with Gasteiger partial charge in [-0.25, -0.2) is 0 Å². The van der Waals surface area contributed by atoms with Crippen LogP contribution in [0.25, 0.3) is 0 Å². The number of ether oxygens (including phenoxy) is 2. The third-order valence-electron chi connectivity index (χ3n) is 5.48. The van der Waals surface area contributed by atoms with Crippen LogP contribution in [0.4, 0.5) is 0 Å². The Morgan fingerprint density at radius 2 is 1.96 bits per heavy atom. The monoisotopic (exact) mass is 317 g/mol. The van der Waals surface area contributed by atoms with E-state index in [0.717, 1.165) is 29.9 Å². The van der Waals surface area contributed by atoms with Crippen LogP contribution in [0, 0.1) is 5.92 Å². The molecule has 23 heavy (non-hydrogen) atoms. The van der Waals surface area contributed by atoms with E-state index in [4.69, 9.17) is 9.47 Å². The Kier molecular flexibility index (Phi) is 3.89. The Bertz CT molecular complexity index is 603. The Morgan fingerprint density at radius 3 is 2.78 bits per heavy atom. The van der Waals surface area contributed by atoms with Crippen LogP contribution in [0.1, 0.15) is 37.7 Å². The van der Waals surface area contributed by atoms with Crippen LogP contribution in [0.2, 0.25) is 0 Å². The first-order valence-electron chi connectivity index (χ1n) is 8.59. The molecule has 1 N–H and O–H groups in total. The zero-order chi connectivity index (χ0) is 15.8. The lowest BCUT2D eigenvalue weighted by atomic mass is 9.84. The first-order chi connectivity index (χ1) is 11.2. The van der Waals surface area contributed by atoms with E-state index in [9.17, 15) is 9.90 Å². The number of nitrogens with zero attached hydrogens (tertiary/aromatic N) is 1. The number of rotatable bonds is 3. The van der Waals surface area contributed by atoms with Crippen molar-refractivity contribution in [1.82, 2.24) is 4.90 Å². The van der Waals surface area contributed by atoms with Crippen LogP contribution in [0.5, 0.6) is 11.5 Å². The molecule has 5 nitrogen and oxygen atoms in total. The molecule has 0 radical (unpaired) electrons. The molecule has 0 bridgehead atoms. The van der Waals surface area contributed by atoms with Crippen molar-refractivity contribution in [2.75, 3.05) is 13.2 Å². The molecule has 1 aromatic rings. The van der Waals surface area contributed by atoms with Crippen molar-refractivity contribution < 1.29 is 19.4 Å². The van der Waals surface area contributed by atoms with E-state index in [1.54, 1.807) is 0 Å². The zero-order valence-corrected chi connectivity index (χ0v) is 13.2. The predicted molar refractivity (Wildman–Crippen MR) is 84.8 cm³/mol. The highest BCUT2D eigenvalue weighted by molar-refractivity contribution is 5.74. The number of hydrogen-bond donors (Lipinski definition) is 1. The maximum absolute atomic E-state index is 11.7. The third kappa shape index (κ3) is 2.78. The van der Waals surface area contributed by atoms with E-state index in [1.807, 2.05) is 18.2 Å².